The van der Waals surface area contributed by atoms with E-state index in [2.05, 4.69) is 5.32 Å². The molecule has 1 atom stereocenters. The SMILES string of the molecule is Cn1cccc(C(=O)NC2CC(=O)N(C3CC3)C2)c1=O. The van der Waals surface area contributed by atoms with Gasteiger partial charge < -0.3 is 14.8 Å². The quantitative estimate of drug-likeness (QED) is 0.836. The van der Waals surface area contributed by atoms with E-state index < -0.39 is 5.91 Å². The summed E-state index contributed by atoms with van der Waals surface area (Å²) in [5.41, 5.74) is -0.208. The van der Waals surface area contributed by atoms with Crippen molar-refractivity contribution in [1.82, 2.24) is 14.8 Å². The predicted molar refractivity (Wildman–Crippen MR) is 72.3 cm³/mol. The second kappa shape index (κ2) is 4.77. The van der Waals surface area contributed by atoms with Gasteiger partial charge in [0.25, 0.3) is 11.5 Å². The van der Waals surface area contributed by atoms with Crippen LogP contribution in [0.5, 0.6) is 0 Å². The lowest BCUT2D eigenvalue weighted by atomic mass is 10.2. The molecule has 0 bridgehead atoms. The van der Waals surface area contributed by atoms with Gasteiger partial charge in [0.1, 0.15) is 5.56 Å². The minimum atomic E-state index is -0.401. The number of hydrogen-bond donors (Lipinski definition) is 1. The number of pyridine rings is 1. The van der Waals surface area contributed by atoms with Crippen molar-refractivity contribution in [3.8, 4) is 0 Å². The van der Waals surface area contributed by atoms with Crippen LogP contribution < -0.4 is 10.9 Å². The molecular weight excluding hydrogens is 258 g/mol. The maximum atomic E-state index is 12.1. The highest BCUT2D eigenvalue weighted by Gasteiger charge is 2.39. The lowest BCUT2D eigenvalue weighted by Crippen LogP contribution is -2.40. The Kier molecular flexibility index (Phi) is 3.08. The molecule has 1 unspecified atom stereocenters. The molecule has 2 fully saturated rings. The summed E-state index contributed by atoms with van der Waals surface area (Å²) < 4.78 is 1.37. The number of carbonyl (C=O) groups is 2. The van der Waals surface area contributed by atoms with Gasteiger partial charge in [0.15, 0.2) is 0 Å². The van der Waals surface area contributed by atoms with Crippen molar-refractivity contribution in [2.45, 2.75) is 31.3 Å². The summed E-state index contributed by atoms with van der Waals surface area (Å²) >= 11 is 0. The molecule has 106 valence electrons. The first-order chi connectivity index (χ1) is 9.56. The number of hydrogen-bond acceptors (Lipinski definition) is 3. The largest absolute Gasteiger partial charge is 0.347 e. The summed E-state index contributed by atoms with van der Waals surface area (Å²) in [6.45, 7) is 0.558. The molecule has 2 aliphatic rings. The van der Waals surface area contributed by atoms with Crippen molar-refractivity contribution < 1.29 is 9.59 Å². The van der Waals surface area contributed by atoms with Crippen molar-refractivity contribution in [1.29, 1.82) is 0 Å². The van der Waals surface area contributed by atoms with E-state index in [0.717, 1.165) is 12.8 Å². The summed E-state index contributed by atoms with van der Waals surface area (Å²) in [5.74, 6) is -0.305. The zero-order valence-electron chi connectivity index (χ0n) is 11.3. The Morgan fingerprint density at radius 1 is 1.35 bits per heavy atom. The second-order valence-electron chi connectivity index (χ2n) is 5.49. The van der Waals surface area contributed by atoms with E-state index in [0.29, 0.717) is 19.0 Å². The van der Waals surface area contributed by atoms with E-state index >= 15 is 0 Å². The molecule has 6 nitrogen and oxygen atoms in total. The van der Waals surface area contributed by atoms with Crippen LogP contribution in [-0.4, -0.2) is 39.9 Å². The average molecular weight is 275 g/mol. The number of likely N-dealkylation sites (tertiary alicyclic amines) is 1. The fourth-order valence-electron chi connectivity index (χ4n) is 2.60. The fourth-order valence-corrected chi connectivity index (χ4v) is 2.60. The molecule has 1 saturated carbocycles. The van der Waals surface area contributed by atoms with E-state index in [1.807, 2.05) is 4.90 Å². The minimum Gasteiger partial charge on any atom is -0.347 e. The van der Waals surface area contributed by atoms with Gasteiger partial charge in [0.2, 0.25) is 5.91 Å². The van der Waals surface area contributed by atoms with Crippen molar-refractivity contribution in [2.75, 3.05) is 6.54 Å². The molecule has 0 radical (unpaired) electrons. The Morgan fingerprint density at radius 3 is 2.80 bits per heavy atom. The van der Waals surface area contributed by atoms with Crippen molar-refractivity contribution in [3.63, 3.8) is 0 Å². The van der Waals surface area contributed by atoms with E-state index in [4.69, 9.17) is 0 Å². The van der Waals surface area contributed by atoms with Crippen LogP contribution in [0.3, 0.4) is 0 Å². The molecule has 3 rings (SSSR count). The zero-order valence-corrected chi connectivity index (χ0v) is 11.3. The third kappa shape index (κ3) is 2.33. The maximum absolute atomic E-state index is 12.1. The highest BCUT2D eigenvalue weighted by Crippen LogP contribution is 2.30. The smallest absolute Gasteiger partial charge is 0.263 e. The van der Waals surface area contributed by atoms with Gasteiger partial charge >= 0.3 is 0 Å². The average Bonchev–Trinajstić information content (AvgIpc) is 3.17. The molecule has 1 saturated heterocycles. The molecule has 0 spiro atoms. The van der Waals surface area contributed by atoms with E-state index in [9.17, 15) is 14.4 Å². The molecular formula is C14H17N3O3. The van der Waals surface area contributed by atoms with Crippen LogP contribution in [0.2, 0.25) is 0 Å². The van der Waals surface area contributed by atoms with Gasteiger partial charge in [-0.15, -0.1) is 0 Å². The maximum Gasteiger partial charge on any atom is 0.263 e. The third-order valence-corrected chi connectivity index (χ3v) is 3.85. The van der Waals surface area contributed by atoms with E-state index in [1.165, 1.54) is 10.6 Å². The Balaban J connectivity index is 1.69. The Labute approximate surface area is 116 Å². The molecule has 2 amide bonds. The first-order valence-corrected chi connectivity index (χ1v) is 6.82. The normalized spacial score (nSPS) is 22.1. The summed E-state index contributed by atoms with van der Waals surface area (Å²) in [4.78, 5) is 37.6. The van der Waals surface area contributed by atoms with E-state index in [-0.39, 0.29) is 23.1 Å². The lowest BCUT2D eigenvalue weighted by molar-refractivity contribution is -0.128. The van der Waals surface area contributed by atoms with Gasteiger partial charge in [-0.05, 0) is 25.0 Å². The van der Waals surface area contributed by atoms with E-state index in [1.54, 1.807) is 19.3 Å². The first-order valence-electron chi connectivity index (χ1n) is 6.82. The number of carbonyl (C=O) groups excluding carboxylic acids is 2. The lowest BCUT2D eigenvalue weighted by Gasteiger charge is -2.16. The molecule has 1 aliphatic heterocycles. The summed E-state index contributed by atoms with van der Waals surface area (Å²) in [6, 6.07) is 3.34. The van der Waals surface area contributed by atoms with Gasteiger partial charge in [-0.1, -0.05) is 0 Å². The number of aromatic nitrogens is 1. The Morgan fingerprint density at radius 2 is 2.10 bits per heavy atom. The Hall–Kier alpha value is -2.11. The molecule has 1 aromatic heterocycles. The highest BCUT2D eigenvalue weighted by molar-refractivity contribution is 5.94. The number of nitrogens with one attached hydrogen (secondary N) is 1. The van der Waals surface area contributed by atoms with Crippen molar-refractivity contribution >= 4 is 11.8 Å². The van der Waals surface area contributed by atoms with Crippen LogP contribution in [0.4, 0.5) is 0 Å². The molecule has 6 heteroatoms. The topological polar surface area (TPSA) is 71.4 Å². The first kappa shape index (κ1) is 12.9. The fraction of sp³-hybridized carbons (Fsp3) is 0.500. The van der Waals surface area contributed by atoms with Crippen LogP contribution in [0, 0.1) is 0 Å². The third-order valence-electron chi connectivity index (χ3n) is 3.85. The second-order valence-corrected chi connectivity index (χ2v) is 5.49. The minimum absolute atomic E-state index is 0.0961. The summed E-state index contributed by atoms with van der Waals surface area (Å²) in [6.07, 6.45) is 4.06. The number of rotatable bonds is 3. The van der Waals surface area contributed by atoms with Crippen LogP contribution in [0.15, 0.2) is 23.1 Å². The monoisotopic (exact) mass is 275 g/mol. The molecule has 0 aromatic carbocycles. The summed E-state index contributed by atoms with van der Waals surface area (Å²) in [5, 5.41) is 2.79. The standard InChI is InChI=1S/C14H17N3O3/c1-16-6-2-3-11(14(16)20)13(19)15-9-7-12(18)17(8-9)10-4-5-10/h2-3,6,9-10H,4-5,7-8H2,1H3,(H,15,19). The predicted octanol–water partition coefficient (Wildman–Crippen LogP) is -0.122. The molecule has 20 heavy (non-hydrogen) atoms. The van der Waals surface area contributed by atoms with Crippen LogP contribution in [0.1, 0.15) is 29.6 Å². The van der Waals surface area contributed by atoms with Gasteiger partial charge in [0, 0.05) is 32.3 Å². The molecule has 2 heterocycles. The van der Waals surface area contributed by atoms with Gasteiger partial charge in [-0.2, -0.15) is 0 Å². The van der Waals surface area contributed by atoms with Crippen molar-refractivity contribution in [3.05, 3.63) is 34.2 Å². The van der Waals surface area contributed by atoms with Crippen molar-refractivity contribution in [2.24, 2.45) is 7.05 Å². The highest BCUT2D eigenvalue weighted by atomic mass is 16.2. The molecule has 1 aromatic rings. The number of nitrogens with zero attached hydrogens (tertiary/aromatic N) is 2. The van der Waals surface area contributed by atoms with Gasteiger partial charge in [-0.25, -0.2) is 0 Å². The zero-order chi connectivity index (χ0) is 14.3. The van der Waals surface area contributed by atoms with Crippen LogP contribution >= 0.6 is 0 Å². The van der Waals surface area contributed by atoms with Gasteiger partial charge in [0.05, 0.1) is 6.04 Å². The van der Waals surface area contributed by atoms with Crippen LogP contribution in [-0.2, 0) is 11.8 Å². The molecule has 1 N–H and O–H groups in total. The van der Waals surface area contributed by atoms with Crippen LogP contribution in [0.25, 0.3) is 0 Å². The number of amides is 2. The molecule has 1 aliphatic carbocycles. The number of aryl methyl sites for hydroxylation is 1. The Bertz CT molecular complexity index is 618. The summed E-state index contributed by atoms with van der Waals surface area (Å²) in [7, 11) is 1.60. The van der Waals surface area contributed by atoms with Gasteiger partial charge in [-0.3, -0.25) is 14.4 Å².